The second-order valence-corrected chi connectivity index (χ2v) is 5.29. The molecule has 0 saturated carbocycles. The highest BCUT2D eigenvalue weighted by Gasteiger charge is 2.30. The predicted octanol–water partition coefficient (Wildman–Crippen LogP) is 0.392. The molecule has 0 saturated heterocycles. The zero-order valence-electron chi connectivity index (χ0n) is 7.72. The molecule has 0 aromatic heterocycles. The summed E-state index contributed by atoms with van der Waals surface area (Å²) in [5, 5.41) is 0. The topological polar surface area (TPSA) is 118 Å². The molecule has 0 aliphatic heterocycles. The summed E-state index contributed by atoms with van der Waals surface area (Å²) in [6.07, 6.45) is 0. The maximum Gasteiger partial charge on any atom is 0.399 e. The molecule has 0 fully saturated rings. The van der Waals surface area contributed by atoms with Crippen molar-refractivity contribution in [1.29, 1.82) is 0 Å². The first kappa shape index (κ1) is 13.1. The van der Waals surface area contributed by atoms with Crippen molar-refractivity contribution in [3.63, 3.8) is 0 Å². The minimum absolute atomic E-state index is 0.123. The van der Waals surface area contributed by atoms with Gasteiger partial charge in [0.05, 0.1) is 0 Å². The van der Waals surface area contributed by atoms with Gasteiger partial charge in [-0.1, -0.05) is 30.3 Å². The molecule has 1 atom stereocenters. The van der Waals surface area contributed by atoms with E-state index in [-0.39, 0.29) is 5.56 Å². The first-order valence-corrected chi connectivity index (χ1v) is 6.74. The van der Waals surface area contributed by atoms with E-state index in [1.165, 1.54) is 24.3 Å². The Bertz CT molecular complexity index is 546. The lowest BCUT2D eigenvalue weighted by atomic mass is 10.2. The van der Waals surface area contributed by atoms with Gasteiger partial charge in [-0.3, -0.25) is 9.11 Å². The first-order valence-electron chi connectivity index (χ1n) is 3.87. The lowest BCUT2D eigenvalue weighted by molar-refractivity contribution is 0.230. The number of hydrogen-bond acceptors (Lipinski definition) is 5. The summed E-state index contributed by atoms with van der Waals surface area (Å²) >= 11 is 0. The maximum atomic E-state index is 10.9. The molecule has 0 radical (unpaired) electrons. The second kappa shape index (κ2) is 4.47. The van der Waals surface area contributed by atoms with Gasteiger partial charge in [0.1, 0.15) is 0 Å². The molecule has 1 rings (SSSR count). The Labute approximate surface area is 92.4 Å². The number of hydrogen-bond donors (Lipinski definition) is 2. The molecular weight excluding hydrogens is 260 g/mol. The van der Waals surface area contributed by atoms with Crippen LogP contribution in [0, 0.1) is 0 Å². The van der Waals surface area contributed by atoms with Crippen LogP contribution < -0.4 is 0 Å². The number of rotatable bonds is 4. The van der Waals surface area contributed by atoms with Crippen LogP contribution in [0.5, 0.6) is 0 Å². The van der Waals surface area contributed by atoms with Crippen LogP contribution in [0.15, 0.2) is 30.3 Å². The quantitative estimate of drug-likeness (QED) is 0.758. The van der Waals surface area contributed by atoms with Crippen molar-refractivity contribution in [2.24, 2.45) is 0 Å². The summed E-state index contributed by atoms with van der Waals surface area (Å²) in [4.78, 5) is 0. The molecule has 7 nitrogen and oxygen atoms in total. The Morgan fingerprint density at radius 3 is 1.88 bits per heavy atom. The van der Waals surface area contributed by atoms with Gasteiger partial charge in [-0.25, -0.2) is 4.18 Å². The van der Waals surface area contributed by atoms with Crippen molar-refractivity contribution in [1.82, 2.24) is 0 Å². The summed E-state index contributed by atoms with van der Waals surface area (Å²) in [5.41, 5.74) is -2.30. The van der Waals surface area contributed by atoms with Crippen molar-refractivity contribution in [3.05, 3.63) is 35.9 Å². The van der Waals surface area contributed by atoms with Crippen LogP contribution in [0.25, 0.3) is 0 Å². The van der Waals surface area contributed by atoms with Crippen LogP contribution in [-0.2, 0) is 24.7 Å². The van der Waals surface area contributed by atoms with Gasteiger partial charge < -0.3 is 0 Å². The molecule has 16 heavy (non-hydrogen) atoms. The Hall–Kier alpha value is -1.00. The van der Waals surface area contributed by atoms with Crippen LogP contribution >= 0.6 is 0 Å². The summed E-state index contributed by atoms with van der Waals surface area (Å²) in [7, 11) is -9.81. The Balaban J connectivity index is 3.19. The molecule has 90 valence electrons. The van der Waals surface area contributed by atoms with Crippen LogP contribution in [0.1, 0.15) is 11.0 Å². The predicted molar refractivity (Wildman–Crippen MR) is 53.4 cm³/mol. The first-order chi connectivity index (χ1) is 7.20. The third-order valence-electron chi connectivity index (χ3n) is 1.55. The van der Waals surface area contributed by atoms with Crippen molar-refractivity contribution in [2.45, 2.75) is 5.44 Å². The average Bonchev–Trinajstić information content (AvgIpc) is 2.13. The van der Waals surface area contributed by atoms with Gasteiger partial charge in [0.2, 0.25) is 5.44 Å². The van der Waals surface area contributed by atoms with Crippen molar-refractivity contribution >= 4 is 20.5 Å². The van der Waals surface area contributed by atoms with E-state index in [1.54, 1.807) is 6.07 Å². The Kier molecular flexibility index (Phi) is 3.65. The minimum atomic E-state index is -4.99. The standard InChI is InChI=1S/C7H8O7S2/c8-15(9,10)7(14-16(11,12)13)6-4-2-1-3-5-6/h1-5,7H,(H,8,9,10)(H,11,12,13). The van der Waals surface area contributed by atoms with Gasteiger partial charge >= 0.3 is 10.4 Å². The molecule has 1 aromatic carbocycles. The zero-order valence-corrected chi connectivity index (χ0v) is 9.35. The molecule has 0 bridgehead atoms. The fraction of sp³-hybridized carbons (Fsp3) is 0.143. The Morgan fingerprint density at radius 2 is 1.50 bits per heavy atom. The molecule has 9 heteroatoms. The molecule has 0 aliphatic carbocycles. The minimum Gasteiger partial charge on any atom is -0.283 e. The van der Waals surface area contributed by atoms with Gasteiger partial charge in [0.25, 0.3) is 10.1 Å². The molecule has 2 N–H and O–H groups in total. The largest absolute Gasteiger partial charge is 0.399 e. The lowest BCUT2D eigenvalue weighted by Crippen LogP contribution is -2.19. The number of benzene rings is 1. The summed E-state index contributed by atoms with van der Waals surface area (Å²) in [6, 6.07) is 6.84. The normalized spacial score (nSPS) is 14.6. The van der Waals surface area contributed by atoms with Gasteiger partial charge in [0, 0.05) is 5.56 Å². The molecular formula is C7H8O7S2. The molecule has 0 amide bonds. The van der Waals surface area contributed by atoms with E-state index in [1.807, 2.05) is 0 Å². The van der Waals surface area contributed by atoms with E-state index >= 15 is 0 Å². The highest BCUT2D eigenvalue weighted by atomic mass is 32.3. The second-order valence-electron chi connectivity index (χ2n) is 2.78. The lowest BCUT2D eigenvalue weighted by Gasteiger charge is -2.12. The van der Waals surface area contributed by atoms with Crippen LogP contribution in [0.3, 0.4) is 0 Å². The third kappa shape index (κ3) is 3.87. The van der Waals surface area contributed by atoms with Crippen molar-refractivity contribution < 1.29 is 30.1 Å². The monoisotopic (exact) mass is 268 g/mol. The summed E-state index contributed by atoms with van der Waals surface area (Å²) in [6.45, 7) is 0. The summed E-state index contributed by atoms with van der Waals surface area (Å²) < 4.78 is 63.6. The van der Waals surface area contributed by atoms with E-state index in [9.17, 15) is 16.8 Å². The average molecular weight is 268 g/mol. The fourth-order valence-electron chi connectivity index (χ4n) is 0.998. The summed E-state index contributed by atoms with van der Waals surface area (Å²) in [5.74, 6) is 0. The van der Waals surface area contributed by atoms with Crippen LogP contribution in [0.2, 0.25) is 0 Å². The van der Waals surface area contributed by atoms with Crippen molar-refractivity contribution in [2.75, 3.05) is 0 Å². The molecule has 0 aliphatic rings. The molecule has 1 unspecified atom stereocenters. The highest BCUT2D eigenvalue weighted by molar-refractivity contribution is 7.87. The van der Waals surface area contributed by atoms with Gasteiger partial charge in [-0.05, 0) is 0 Å². The van der Waals surface area contributed by atoms with E-state index in [2.05, 4.69) is 4.18 Å². The molecule has 0 heterocycles. The smallest absolute Gasteiger partial charge is 0.283 e. The fourth-order valence-corrected chi connectivity index (χ4v) is 2.53. The van der Waals surface area contributed by atoms with Gasteiger partial charge in [0.15, 0.2) is 0 Å². The van der Waals surface area contributed by atoms with Gasteiger partial charge in [-0.2, -0.15) is 16.8 Å². The van der Waals surface area contributed by atoms with E-state index in [0.717, 1.165) is 0 Å². The third-order valence-corrected chi connectivity index (χ3v) is 3.02. The van der Waals surface area contributed by atoms with E-state index < -0.39 is 26.0 Å². The SMILES string of the molecule is O=S(=O)(O)OC(c1ccccc1)S(=O)(=O)O. The highest BCUT2D eigenvalue weighted by Crippen LogP contribution is 2.24. The van der Waals surface area contributed by atoms with E-state index in [0.29, 0.717) is 0 Å². The van der Waals surface area contributed by atoms with E-state index in [4.69, 9.17) is 9.11 Å². The van der Waals surface area contributed by atoms with Crippen molar-refractivity contribution in [3.8, 4) is 0 Å². The molecule has 1 aromatic rings. The zero-order chi connectivity index (χ0) is 12.4. The van der Waals surface area contributed by atoms with Crippen LogP contribution in [0.4, 0.5) is 0 Å². The van der Waals surface area contributed by atoms with Crippen LogP contribution in [-0.4, -0.2) is 25.9 Å². The van der Waals surface area contributed by atoms with Gasteiger partial charge in [-0.15, -0.1) is 0 Å². The maximum absolute atomic E-state index is 10.9. The Morgan fingerprint density at radius 1 is 1.00 bits per heavy atom. The molecule has 0 spiro atoms.